The van der Waals surface area contributed by atoms with Gasteiger partial charge in [0.2, 0.25) is 5.89 Å². The van der Waals surface area contributed by atoms with E-state index in [1.165, 1.54) is 32.0 Å². The van der Waals surface area contributed by atoms with E-state index in [4.69, 9.17) is 4.52 Å². The number of unbranched alkanes of at least 4 members (excludes halogenated alkanes) is 2. The Balaban J connectivity index is 2.33. The summed E-state index contributed by atoms with van der Waals surface area (Å²) in [5.74, 6) is 0.724. The van der Waals surface area contributed by atoms with Gasteiger partial charge in [0, 0.05) is 0 Å². The highest BCUT2D eigenvalue weighted by molar-refractivity contribution is 4.74. The second-order valence-corrected chi connectivity index (χ2v) is 3.82. The summed E-state index contributed by atoms with van der Waals surface area (Å²) >= 11 is 0. The third-order valence-electron chi connectivity index (χ3n) is 2.42. The molecule has 4 nitrogen and oxygen atoms in total. The van der Waals surface area contributed by atoms with Crippen LogP contribution in [0.1, 0.15) is 45.4 Å². The highest BCUT2D eigenvalue weighted by Crippen LogP contribution is 2.04. The summed E-state index contributed by atoms with van der Waals surface area (Å²) < 4.78 is 5.02. The van der Waals surface area contributed by atoms with Gasteiger partial charge in [0.15, 0.2) is 6.33 Å². The van der Waals surface area contributed by atoms with Crippen LogP contribution in [0.2, 0.25) is 0 Å². The lowest BCUT2D eigenvalue weighted by atomic mass is 10.2. The molecule has 0 saturated carbocycles. The number of hydrogen-bond donors (Lipinski definition) is 0. The second-order valence-electron chi connectivity index (χ2n) is 3.82. The molecule has 0 unspecified atom stereocenters. The van der Waals surface area contributed by atoms with E-state index in [0.29, 0.717) is 0 Å². The van der Waals surface area contributed by atoms with E-state index in [-0.39, 0.29) is 0 Å². The molecular formula is C11H21N3O. The van der Waals surface area contributed by atoms with Gasteiger partial charge in [0.1, 0.15) is 0 Å². The van der Waals surface area contributed by atoms with Gasteiger partial charge in [-0.1, -0.05) is 31.8 Å². The van der Waals surface area contributed by atoms with Crippen LogP contribution in [0.5, 0.6) is 0 Å². The van der Waals surface area contributed by atoms with E-state index in [2.05, 4.69) is 28.9 Å². The quantitative estimate of drug-likeness (QED) is 0.662. The van der Waals surface area contributed by atoms with E-state index >= 15 is 0 Å². The minimum atomic E-state index is 0.724. The first kappa shape index (κ1) is 12.2. The van der Waals surface area contributed by atoms with Gasteiger partial charge in [-0.2, -0.15) is 4.98 Å². The molecule has 0 radical (unpaired) electrons. The first-order chi connectivity index (χ1) is 7.36. The van der Waals surface area contributed by atoms with E-state index in [1.807, 2.05) is 0 Å². The molecule has 1 rings (SSSR count). The zero-order valence-electron chi connectivity index (χ0n) is 9.78. The van der Waals surface area contributed by atoms with Gasteiger partial charge in [0.25, 0.3) is 0 Å². The van der Waals surface area contributed by atoms with Gasteiger partial charge < -0.3 is 4.52 Å². The van der Waals surface area contributed by atoms with Crippen LogP contribution in [0.25, 0.3) is 0 Å². The molecule has 0 saturated heterocycles. The zero-order valence-corrected chi connectivity index (χ0v) is 9.78. The zero-order chi connectivity index (χ0) is 10.9. The van der Waals surface area contributed by atoms with Crippen molar-refractivity contribution >= 4 is 0 Å². The van der Waals surface area contributed by atoms with Crippen LogP contribution in [0, 0.1) is 0 Å². The fraction of sp³-hybridized carbons (Fsp3) is 0.818. The molecule has 1 aromatic heterocycles. The van der Waals surface area contributed by atoms with E-state index in [0.717, 1.165) is 25.5 Å². The summed E-state index contributed by atoms with van der Waals surface area (Å²) in [7, 11) is 0. The Labute approximate surface area is 91.7 Å². The molecule has 0 aliphatic heterocycles. The maximum absolute atomic E-state index is 5.02. The van der Waals surface area contributed by atoms with Gasteiger partial charge in [-0.25, -0.2) is 0 Å². The number of aromatic nitrogens is 2. The molecule has 0 aromatic carbocycles. The minimum Gasteiger partial charge on any atom is -0.338 e. The number of rotatable bonds is 8. The fourth-order valence-corrected chi connectivity index (χ4v) is 1.49. The molecule has 1 aromatic rings. The van der Waals surface area contributed by atoms with Crippen molar-refractivity contribution in [3.8, 4) is 0 Å². The maximum Gasteiger partial charge on any atom is 0.240 e. The molecule has 0 aliphatic carbocycles. The van der Waals surface area contributed by atoms with Crippen molar-refractivity contribution in [2.75, 3.05) is 13.1 Å². The fourth-order valence-electron chi connectivity index (χ4n) is 1.49. The van der Waals surface area contributed by atoms with Crippen molar-refractivity contribution in [1.29, 1.82) is 0 Å². The minimum absolute atomic E-state index is 0.724. The highest BCUT2D eigenvalue weighted by atomic mass is 16.5. The van der Waals surface area contributed by atoms with Crippen LogP contribution in [-0.2, 0) is 6.54 Å². The summed E-state index contributed by atoms with van der Waals surface area (Å²) in [6.45, 7) is 7.47. The summed E-state index contributed by atoms with van der Waals surface area (Å²) in [4.78, 5) is 6.44. The Bertz CT molecular complexity index is 228. The molecule has 0 fully saturated rings. The lowest BCUT2D eigenvalue weighted by molar-refractivity contribution is 0.220. The molecule has 0 N–H and O–H groups in total. The van der Waals surface area contributed by atoms with Crippen LogP contribution in [0.3, 0.4) is 0 Å². The first-order valence-electron chi connectivity index (χ1n) is 5.84. The lowest BCUT2D eigenvalue weighted by Crippen LogP contribution is -2.25. The highest BCUT2D eigenvalue weighted by Gasteiger charge is 2.08. The number of nitrogens with zero attached hydrogens (tertiary/aromatic N) is 3. The Morgan fingerprint density at radius 1 is 1.20 bits per heavy atom. The van der Waals surface area contributed by atoms with Gasteiger partial charge in [-0.3, -0.25) is 4.90 Å². The van der Waals surface area contributed by atoms with Crippen molar-refractivity contribution < 1.29 is 4.52 Å². The Morgan fingerprint density at radius 3 is 2.33 bits per heavy atom. The SMILES string of the molecule is CCCCN(CCCC)Cc1ncno1. The first-order valence-corrected chi connectivity index (χ1v) is 5.84. The predicted molar refractivity (Wildman–Crippen MR) is 59.4 cm³/mol. The standard InChI is InChI=1S/C11H21N3O/c1-3-5-7-14(8-6-4-2)9-11-12-10-13-15-11/h10H,3-9H2,1-2H3. The van der Waals surface area contributed by atoms with Crippen LogP contribution in [0.4, 0.5) is 0 Å². The molecule has 0 spiro atoms. The second kappa shape index (κ2) is 7.40. The molecule has 4 heteroatoms. The van der Waals surface area contributed by atoms with Gasteiger partial charge in [-0.05, 0) is 25.9 Å². The van der Waals surface area contributed by atoms with Crippen molar-refractivity contribution in [3.05, 3.63) is 12.2 Å². The van der Waals surface area contributed by atoms with E-state index in [9.17, 15) is 0 Å². The molecule has 1 heterocycles. The largest absolute Gasteiger partial charge is 0.338 e. The van der Waals surface area contributed by atoms with Crippen LogP contribution in [-0.4, -0.2) is 28.1 Å². The molecule has 0 aliphatic rings. The van der Waals surface area contributed by atoms with Gasteiger partial charge in [0.05, 0.1) is 6.54 Å². The van der Waals surface area contributed by atoms with Crippen molar-refractivity contribution in [2.24, 2.45) is 0 Å². The Morgan fingerprint density at radius 2 is 1.87 bits per heavy atom. The van der Waals surface area contributed by atoms with Gasteiger partial charge in [-0.15, -0.1) is 0 Å². The number of hydrogen-bond acceptors (Lipinski definition) is 4. The summed E-state index contributed by atoms with van der Waals surface area (Å²) in [5, 5.41) is 3.62. The predicted octanol–water partition coefficient (Wildman–Crippen LogP) is 2.47. The van der Waals surface area contributed by atoms with E-state index in [1.54, 1.807) is 0 Å². The average Bonchev–Trinajstić information content (AvgIpc) is 2.74. The topological polar surface area (TPSA) is 42.2 Å². The van der Waals surface area contributed by atoms with Gasteiger partial charge >= 0.3 is 0 Å². The van der Waals surface area contributed by atoms with Crippen molar-refractivity contribution in [3.63, 3.8) is 0 Å². The molecule has 86 valence electrons. The average molecular weight is 211 g/mol. The Kier molecular flexibility index (Phi) is 6.00. The summed E-state index contributed by atoms with van der Waals surface area (Å²) in [5.41, 5.74) is 0. The normalized spacial score (nSPS) is 11.1. The summed E-state index contributed by atoms with van der Waals surface area (Å²) in [6, 6.07) is 0. The van der Waals surface area contributed by atoms with Crippen molar-refractivity contribution in [2.45, 2.75) is 46.1 Å². The molecule has 0 amide bonds. The van der Waals surface area contributed by atoms with Crippen LogP contribution < -0.4 is 0 Å². The molecule has 0 bridgehead atoms. The Hall–Kier alpha value is -0.900. The third kappa shape index (κ3) is 4.93. The van der Waals surface area contributed by atoms with Crippen LogP contribution >= 0.6 is 0 Å². The molecule has 15 heavy (non-hydrogen) atoms. The third-order valence-corrected chi connectivity index (χ3v) is 2.42. The smallest absolute Gasteiger partial charge is 0.240 e. The molecular weight excluding hydrogens is 190 g/mol. The summed E-state index contributed by atoms with van der Waals surface area (Å²) in [6.07, 6.45) is 6.39. The lowest BCUT2D eigenvalue weighted by Gasteiger charge is -2.19. The monoisotopic (exact) mass is 211 g/mol. The molecule has 0 atom stereocenters. The maximum atomic E-state index is 5.02. The van der Waals surface area contributed by atoms with Crippen molar-refractivity contribution in [1.82, 2.24) is 15.0 Å². The van der Waals surface area contributed by atoms with E-state index < -0.39 is 0 Å². The van der Waals surface area contributed by atoms with Crippen LogP contribution in [0.15, 0.2) is 10.9 Å².